The molecule has 0 radical (unpaired) electrons. The van der Waals surface area contributed by atoms with Gasteiger partial charge >= 0.3 is 0 Å². The van der Waals surface area contributed by atoms with Crippen molar-refractivity contribution in [2.24, 2.45) is 0 Å². The molecule has 130 valence electrons. The fraction of sp³-hybridized carbons (Fsp3) is 0.333. The van der Waals surface area contributed by atoms with E-state index in [1.54, 1.807) is 36.4 Å². The number of nitrogens with zero attached hydrogens (tertiary/aromatic N) is 1. The summed E-state index contributed by atoms with van der Waals surface area (Å²) in [7, 11) is -1.30. The van der Waals surface area contributed by atoms with Crippen molar-refractivity contribution in [3.05, 3.63) is 59.6 Å². The minimum absolute atomic E-state index is 0.114. The molecule has 2 aromatic carbocycles. The SMILES string of the molecule is CN(CCCOc1cccc(Cl)c1)CCS(=O)(=O)c1ccccc1. The van der Waals surface area contributed by atoms with Gasteiger partial charge in [0, 0.05) is 18.1 Å². The zero-order valence-electron chi connectivity index (χ0n) is 13.7. The van der Waals surface area contributed by atoms with Crippen LogP contribution in [0.2, 0.25) is 5.02 Å². The molecule has 0 spiro atoms. The van der Waals surface area contributed by atoms with Gasteiger partial charge in [-0.3, -0.25) is 0 Å². The summed E-state index contributed by atoms with van der Waals surface area (Å²) in [6.07, 6.45) is 0.814. The Bertz CT molecular complexity index is 735. The number of rotatable bonds is 9. The highest BCUT2D eigenvalue weighted by molar-refractivity contribution is 7.91. The van der Waals surface area contributed by atoms with E-state index in [9.17, 15) is 8.42 Å². The molecule has 0 atom stereocenters. The molecule has 0 amide bonds. The van der Waals surface area contributed by atoms with Crippen molar-refractivity contribution < 1.29 is 13.2 Å². The van der Waals surface area contributed by atoms with Gasteiger partial charge in [-0.1, -0.05) is 35.9 Å². The maximum Gasteiger partial charge on any atom is 0.179 e. The topological polar surface area (TPSA) is 46.6 Å². The normalized spacial score (nSPS) is 11.6. The summed E-state index contributed by atoms with van der Waals surface area (Å²) in [5.74, 6) is 0.861. The second-order valence-electron chi connectivity index (χ2n) is 5.59. The van der Waals surface area contributed by atoms with Crippen molar-refractivity contribution in [2.45, 2.75) is 11.3 Å². The molecule has 0 heterocycles. The van der Waals surface area contributed by atoms with Gasteiger partial charge in [-0.15, -0.1) is 0 Å². The molecule has 0 saturated carbocycles. The van der Waals surface area contributed by atoms with Crippen LogP contribution in [0, 0.1) is 0 Å². The van der Waals surface area contributed by atoms with E-state index in [1.165, 1.54) is 0 Å². The van der Waals surface area contributed by atoms with Crippen LogP contribution in [-0.4, -0.2) is 45.8 Å². The van der Waals surface area contributed by atoms with Crippen LogP contribution in [-0.2, 0) is 9.84 Å². The lowest BCUT2D eigenvalue weighted by atomic mass is 10.3. The monoisotopic (exact) mass is 367 g/mol. The predicted molar refractivity (Wildman–Crippen MR) is 97.6 cm³/mol. The lowest BCUT2D eigenvalue weighted by molar-refractivity contribution is 0.268. The molecular weight excluding hydrogens is 346 g/mol. The summed E-state index contributed by atoms with van der Waals surface area (Å²) in [6.45, 7) is 1.83. The van der Waals surface area contributed by atoms with Crippen molar-refractivity contribution >= 4 is 21.4 Å². The molecule has 6 heteroatoms. The van der Waals surface area contributed by atoms with Crippen molar-refractivity contribution in [1.29, 1.82) is 0 Å². The van der Waals surface area contributed by atoms with Gasteiger partial charge < -0.3 is 9.64 Å². The average molecular weight is 368 g/mol. The minimum Gasteiger partial charge on any atom is -0.493 e. The third-order valence-corrected chi connectivity index (χ3v) is 5.54. The Hall–Kier alpha value is -1.56. The Morgan fingerprint density at radius 3 is 2.50 bits per heavy atom. The third kappa shape index (κ3) is 6.15. The molecule has 0 aliphatic rings. The minimum atomic E-state index is -3.22. The molecule has 2 rings (SSSR count). The molecule has 0 aromatic heterocycles. The number of sulfone groups is 1. The van der Waals surface area contributed by atoms with Crippen molar-refractivity contribution in [2.75, 3.05) is 32.5 Å². The summed E-state index contributed by atoms with van der Waals surface area (Å²) >= 11 is 5.90. The largest absolute Gasteiger partial charge is 0.493 e. The fourth-order valence-corrected chi connectivity index (χ4v) is 3.75. The van der Waals surface area contributed by atoms with Crippen LogP contribution in [0.15, 0.2) is 59.5 Å². The number of hydrogen-bond acceptors (Lipinski definition) is 4. The molecule has 24 heavy (non-hydrogen) atoms. The maximum absolute atomic E-state index is 12.2. The van der Waals surface area contributed by atoms with E-state index in [-0.39, 0.29) is 5.75 Å². The Kier molecular flexibility index (Phi) is 7.09. The average Bonchev–Trinajstić information content (AvgIpc) is 2.58. The van der Waals surface area contributed by atoms with Crippen LogP contribution in [0.25, 0.3) is 0 Å². The molecule has 4 nitrogen and oxygen atoms in total. The van der Waals surface area contributed by atoms with E-state index >= 15 is 0 Å². The molecule has 0 bridgehead atoms. The van der Waals surface area contributed by atoms with Gasteiger partial charge in [0.15, 0.2) is 9.84 Å². The van der Waals surface area contributed by atoms with Gasteiger partial charge in [0.05, 0.1) is 17.3 Å². The lowest BCUT2D eigenvalue weighted by Gasteiger charge is -2.16. The van der Waals surface area contributed by atoms with Gasteiger partial charge in [0.25, 0.3) is 0 Å². The first kappa shape index (κ1) is 18.8. The van der Waals surface area contributed by atoms with Crippen LogP contribution in [0.3, 0.4) is 0 Å². The van der Waals surface area contributed by atoms with Gasteiger partial charge in [-0.25, -0.2) is 8.42 Å². The molecule has 0 unspecified atom stereocenters. The zero-order valence-corrected chi connectivity index (χ0v) is 15.3. The van der Waals surface area contributed by atoms with Crippen LogP contribution in [0.5, 0.6) is 5.75 Å². The highest BCUT2D eigenvalue weighted by atomic mass is 35.5. The zero-order chi connectivity index (χ0) is 17.4. The fourth-order valence-electron chi connectivity index (χ4n) is 2.21. The smallest absolute Gasteiger partial charge is 0.179 e. The predicted octanol–water partition coefficient (Wildman–Crippen LogP) is 3.51. The summed E-state index contributed by atoms with van der Waals surface area (Å²) in [6, 6.07) is 15.8. The van der Waals surface area contributed by atoms with Crippen LogP contribution in [0.1, 0.15) is 6.42 Å². The first-order chi connectivity index (χ1) is 11.5. The summed E-state index contributed by atoms with van der Waals surface area (Å²) < 4.78 is 30.1. The standard InChI is InChI=1S/C18H22ClNO3S/c1-20(11-6-13-23-17-8-5-7-16(19)15-17)12-14-24(21,22)18-9-3-2-4-10-18/h2-5,7-10,15H,6,11-14H2,1H3. The molecule has 0 N–H and O–H groups in total. The van der Waals surface area contributed by atoms with E-state index in [1.807, 2.05) is 30.1 Å². The van der Waals surface area contributed by atoms with Crippen LogP contribution >= 0.6 is 11.6 Å². The van der Waals surface area contributed by atoms with Crippen LogP contribution < -0.4 is 4.74 Å². The van der Waals surface area contributed by atoms with Gasteiger partial charge in [-0.2, -0.15) is 0 Å². The van der Waals surface area contributed by atoms with Gasteiger partial charge in [0.2, 0.25) is 0 Å². The molecular formula is C18H22ClNO3S. The van der Waals surface area contributed by atoms with Gasteiger partial charge in [-0.05, 0) is 43.8 Å². The Morgan fingerprint density at radius 2 is 1.79 bits per heavy atom. The van der Waals surface area contributed by atoms with E-state index in [0.29, 0.717) is 23.1 Å². The molecule has 0 aliphatic carbocycles. The number of benzene rings is 2. The Morgan fingerprint density at radius 1 is 1.04 bits per heavy atom. The van der Waals surface area contributed by atoms with Gasteiger partial charge in [0.1, 0.15) is 5.75 Å². The summed E-state index contributed by atoms with van der Waals surface area (Å²) in [4.78, 5) is 2.38. The molecule has 0 saturated heterocycles. The maximum atomic E-state index is 12.2. The first-order valence-electron chi connectivity index (χ1n) is 7.82. The third-order valence-electron chi connectivity index (χ3n) is 3.59. The van der Waals surface area contributed by atoms with E-state index in [4.69, 9.17) is 16.3 Å². The number of ether oxygens (including phenoxy) is 1. The van der Waals surface area contributed by atoms with Crippen molar-refractivity contribution in [3.8, 4) is 5.75 Å². The number of hydrogen-bond donors (Lipinski definition) is 0. The Balaban J connectivity index is 1.69. The highest BCUT2D eigenvalue weighted by Gasteiger charge is 2.14. The summed E-state index contributed by atoms with van der Waals surface area (Å²) in [5, 5.41) is 0.649. The second kappa shape index (κ2) is 9.06. The Labute approximate surface area is 148 Å². The number of halogens is 1. The van der Waals surface area contributed by atoms with Crippen LogP contribution in [0.4, 0.5) is 0 Å². The van der Waals surface area contributed by atoms with Crippen molar-refractivity contribution in [3.63, 3.8) is 0 Å². The quantitative estimate of drug-likeness (QED) is 0.636. The second-order valence-corrected chi connectivity index (χ2v) is 8.14. The van der Waals surface area contributed by atoms with E-state index in [0.717, 1.165) is 18.7 Å². The van der Waals surface area contributed by atoms with Crippen molar-refractivity contribution in [1.82, 2.24) is 4.90 Å². The summed E-state index contributed by atoms with van der Waals surface area (Å²) in [5.41, 5.74) is 0. The molecule has 0 aliphatic heterocycles. The molecule has 2 aromatic rings. The van der Waals surface area contributed by atoms with E-state index < -0.39 is 9.84 Å². The highest BCUT2D eigenvalue weighted by Crippen LogP contribution is 2.17. The molecule has 0 fully saturated rings. The first-order valence-corrected chi connectivity index (χ1v) is 9.85. The van der Waals surface area contributed by atoms with E-state index in [2.05, 4.69) is 0 Å². The lowest BCUT2D eigenvalue weighted by Crippen LogP contribution is -2.27.